The van der Waals surface area contributed by atoms with Crippen molar-refractivity contribution >= 4 is 6.08 Å². The molecular weight excluding hydrogens is 331 g/mol. The summed E-state index contributed by atoms with van der Waals surface area (Å²) in [5, 5.41) is 0. The molecule has 0 atom stereocenters. The summed E-state index contributed by atoms with van der Waals surface area (Å²) in [6, 6.07) is 15.7. The van der Waals surface area contributed by atoms with Crippen molar-refractivity contribution in [1.82, 2.24) is 0 Å². The quantitative estimate of drug-likeness (QED) is 0.682. The Labute approximate surface area is 147 Å². The fourth-order valence-corrected chi connectivity index (χ4v) is 2.94. The van der Waals surface area contributed by atoms with Crippen LogP contribution in [0.15, 0.2) is 48.0 Å². The van der Waals surface area contributed by atoms with Crippen molar-refractivity contribution in [2.75, 3.05) is 0 Å². The molecule has 0 unspecified atom stereocenters. The number of benzene rings is 2. The van der Waals surface area contributed by atoms with Gasteiger partial charge in [0.2, 0.25) is 0 Å². The maximum Gasteiger partial charge on any atom is 0 e. The van der Waals surface area contributed by atoms with Crippen LogP contribution in [0.25, 0.3) is 17.2 Å². The Hall–Kier alpha value is -0.937. The summed E-state index contributed by atoms with van der Waals surface area (Å²) in [6.07, 6.45) is 4.63. The number of hydrogen-bond donors (Lipinski definition) is 0. The minimum atomic E-state index is 0. The molecule has 1 aliphatic rings. The molecule has 21 heavy (non-hydrogen) atoms. The molecule has 3 rings (SSSR count). The third kappa shape index (κ3) is 3.29. The van der Waals surface area contributed by atoms with Crippen LogP contribution in [0.3, 0.4) is 0 Å². The molecule has 0 bridgehead atoms. The Morgan fingerprint density at radius 1 is 1.00 bits per heavy atom. The van der Waals surface area contributed by atoms with Gasteiger partial charge >= 0.3 is 0 Å². The van der Waals surface area contributed by atoms with Crippen LogP contribution in [-0.4, -0.2) is 0 Å². The number of rotatable bonds is 3. The van der Waals surface area contributed by atoms with Gasteiger partial charge in [0.05, 0.1) is 0 Å². The van der Waals surface area contributed by atoms with Crippen LogP contribution in [-0.2, 0) is 39.0 Å². The van der Waals surface area contributed by atoms with Crippen LogP contribution >= 0.6 is 0 Å². The normalized spacial score (nSPS) is 12.9. The second-order valence-electron chi connectivity index (χ2n) is 5.98. The van der Waals surface area contributed by atoms with E-state index in [4.69, 9.17) is 0 Å². The minimum Gasteiger partial charge on any atom is -0.0626 e. The van der Waals surface area contributed by atoms with E-state index in [9.17, 15) is 0 Å². The van der Waals surface area contributed by atoms with E-state index in [1.807, 2.05) is 0 Å². The van der Waals surface area contributed by atoms with Crippen molar-refractivity contribution in [3.8, 4) is 11.1 Å². The first-order chi connectivity index (χ1) is 9.69. The fraction of sp³-hybridized carbons (Fsp3) is 0.300. The van der Waals surface area contributed by atoms with Crippen LogP contribution in [0.2, 0.25) is 0 Å². The molecule has 0 fully saturated rings. The first-order valence-corrected chi connectivity index (χ1v) is 7.60. The van der Waals surface area contributed by atoms with Crippen LogP contribution in [0, 0.1) is 5.92 Å². The molecule has 0 saturated carbocycles. The van der Waals surface area contributed by atoms with Gasteiger partial charge in [-0.1, -0.05) is 74.9 Å². The van der Waals surface area contributed by atoms with Crippen LogP contribution < -0.4 is 0 Å². The maximum atomic E-state index is 2.41. The van der Waals surface area contributed by atoms with Gasteiger partial charge in [-0.15, -0.1) is 0 Å². The number of fused-ring (bicyclic) bond motifs is 1. The zero-order valence-corrected chi connectivity index (χ0v) is 15.6. The molecule has 1 aliphatic carbocycles. The van der Waals surface area contributed by atoms with E-state index in [1.165, 1.54) is 27.8 Å². The molecule has 0 aromatic heterocycles. The second-order valence-corrected chi connectivity index (χ2v) is 5.98. The number of aryl methyl sites for hydroxylation is 1. The molecule has 0 saturated heterocycles. The van der Waals surface area contributed by atoms with Crippen molar-refractivity contribution in [2.24, 2.45) is 5.92 Å². The van der Waals surface area contributed by atoms with Crippen molar-refractivity contribution in [3.05, 3.63) is 64.7 Å². The van der Waals surface area contributed by atoms with Crippen molar-refractivity contribution in [3.63, 3.8) is 0 Å². The van der Waals surface area contributed by atoms with Crippen molar-refractivity contribution in [2.45, 2.75) is 33.6 Å². The van der Waals surface area contributed by atoms with Gasteiger partial charge in [0.25, 0.3) is 0 Å². The molecule has 2 aromatic rings. The zero-order valence-electron chi connectivity index (χ0n) is 13.1. The van der Waals surface area contributed by atoms with Gasteiger partial charge in [0.1, 0.15) is 0 Å². The summed E-state index contributed by atoms with van der Waals surface area (Å²) in [7, 11) is 0. The van der Waals surface area contributed by atoms with Gasteiger partial charge in [-0.3, -0.25) is 0 Å². The van der Waals surface area contributed by atoms with Crippen LogP contribution in [0.4, 0.5) is 0 Å². The average Bonchev–Trinajstić information content (AvgIpc) is 2.91. The summed E-state index contributed by atoms with van der Waals surface area (Å²) in [4.78, 5) is 0. The predicted molar refractivity (Wildman–Crippen MR) is 87.8 cm³/mol. The number of allylic oxidation sites excluding steroid dienone is 1. The fourth-order valence-electron chi connectivity index (χ4n) is 2.94. The van der Waals surface area contributed by atoms with Crippen molar-refractivity contribution < 1.29 is 26.2 Å². The standard InChI is InChI=1S/C20H22.Zr/c1-4-15-8-10-16(11-9-15)19-7-5-6-17-12-18(14(2)3)13-20(17)19;/h5-11,13-14H,4,12H2,1-3H3;. The first kappa shape index (κ1) is 16.4. The van der Waals surface area contributed by atoms with E-state index in [0.29, 0.717) is 5.92 Å². The van der Waals surface area contributed by atoms with E-state index >= 15 is 0 Å². The van der Waals surface area contributed by atoms with Gasteiger partial charge in [0, 0.05) is 26.2 Å². The molecule has 0 N–H and O–H groups in total. The largest absolute Gasteiger partial charge is 0.0626 e. The topological polar surface area (TPSA) is 0 Å². The van der Waals surface area contributed by atoms with Crippen LogP contribution in [0.5, 0.6) is 0 Å². The Kier molecular flexibility index (Phi) is 5.39. The van der Waals surface area contributed by atoms with E-state index in [-0.39, 0.29) is 26.2 Å². The smallest absolute Gasteiger partial charge is 0 e. The molecule has 0 spiro atoms. The first-order valence-electron chi connectivity index (χ1n) is 7.60. The Morgan fingerprint density at radius 2 is 1.71 bits per heavy atom. The summed E-state index contributed by atoms with van der Waals surface area (Å²) >= 11 is 0. The summed E-state index contributed by atoms with van der Waals surface area (Å²) in [6.45, 7) is 6.77. The SMILES string of the molecule is CCc1ccc(-c2cccc3c2C=C(C(C)C)C3)cc1.[Zr]. The molecule has 0 aliphatic heterocycles. The molecule has 0 heterocycles. The Bertz CT molecular complexity index is 648. The van der Waals surface area contributed by atoms with E-state index in [2.05, 4.69) is 69.3 Å². The monoisotopic (exact) mass is 352 g/mol. The van der Waals surface area contributed by atoms with Crippen molar-refractivity contribution in [1.29, 1.82) is 0 Å². The molecule has 0 nitrogen and oxygen atoms in total. The Morgan fingerprint density at radius 3 is 2.33 bits per heavy atom. The van der Waals surface area contributed by atoms with Gasteiger partial charge in [-0.25, -0.2) is 0 Å². The molecular formula is C20H22Zr. The molecule has 0 amide bonds. The zero-order chi connectivity index (χ0) is 14.1. The average molecular weight is 354 g/mol. The van der Waals surface area contributed by atoms with E-state index in [0.717, 1.165) is 12.8 Å². The van der Waals surface area contributed by atoms with Gasteiger partial charge in [0.15, 0.2) is 0 Å². The second kappa shape index (κ2) is 6.88. The molecule has 1 heteroatoms. The van der Waals surface area contributed by atoms with E-state index < -0.39 is 0 Å². The summed E-state index contributed by atoms with van der Waals surface area (Å²) in [5.74, 6) is 0.637. The molecule has 2 aromatic carbocycles. The predicted octanol–water partition coefficient (Wildman–Crippen LogP) is 5.51. The molecule has 106 valence electrons. The molecule has 0 radical (unpaired) electrons. The number of hydrogen-bond acceptors (Lipinski definition) is 0. The van der Waals surface area contributed by atoms with Crippen LogP contribution in [0.1, 0.15) is 37.5 Å². The van der Waals surface area contributed by atoms with E-state index in [1.54, 1.807) is 5.57 Å². The maximum absolute atomic E-state index is 2.41. The minimum absolute atomic E-state index is 0. The Balaban J connectivity index is 0.00000161. The van der Waals surface area contributed by atoms with Gasteiger partial charge in [-0.2, -0.15) is 0 Å². The summed E-state index contributed by atoms with van der Waals surface area (Å²) in [5.41, 5.74) is 8.57. The third-order valence-electron chi connectivity index (χ3n) is 4.34. The van der Waals surface area contributed by atoms with Gasteiger partial charge in [-0.05, 0) is 46.6 Å². The third-order valence-corrected chi connectivity index (χ3v) is 4.34. The summed E-state index contributed by atoms with van der Waals surface area (Å²) < 4.78 is 0. The van der Waals surface area contributed by atoms with Gasteiger partial charge < -0.3 is 0 Å².